The van der Waals surface area contributed by atoms with Crippen molar-refractivity contribution in [1.29, 1.82) is 0 Å². The molecular weight excluding hydrogens is 424 g/mol. The first kappa shape index (κ1) is 23.3. The van der Waals surface area contributed by atoms with Crippen LogP contribution in [0.2, 0.25) is 0 Å². The summed E-state index contributed by atoms with van der Waals surface area (Å²) in [5, 5.41) is 3.39. The molecule has 0 bridgehead atoms. The Bertz CT molecular complexity index is 939. The quantitative estimate of drug-likeness (QED) is 0.355. The van der Waals surface area contributed by atoms with E-state index in [0.717, 1.165) is 16.9 Å². The monoisotopic (exact) mass is 452 g/mol. The molecule has 3 N–H and O–H groups in total. The van der Waals surface area contributed by atoms with E-state index in [0.29, 0.717) is 37.6 Å². The number of thiocarbonyl (C=S) groups is 1. The van der Waals surface area contributed by atoms with Gasteiger partial charge >= 0.3 is 0 Å². The summed E-state index contributed by atoms with van der Waals surface area (Å²) in [6, 6.07) is 17.3. The number of amides is 2. The Balaban J connectivity index is 1.35. The highest BCUT2D eigenvalue weighted by atomic mass is 32.1. The molecule has 0 aliphatic carbocycles. The molecule has 8 heteroatoms. The van der Waals surface area contributed by atoms with E-state index >= 15 is 0 Å². The largest absolute Gasteiger partial charge is 0.497 e. The van der Waals surface area contributed by atoms with Crippen molar-refractivity contribution in [1.82, 2.24) is 21.1 Å². The first-order valence-corrected chi connectivity index (χ1v) is 10.9. The van der Waals surface area contributed by atoms with E-state index in [2.05, 4.69) is 16.2 Å². The molecular formula is C24H28N4O3S. The zero-order valence-corrected chi connectivity index (χ0v) is 18.9. The fourth-order valence-corrected chi connectivity index (χ4v) is 3.51. The molecule has 32 heavy (non-hydrogen) atoms. The highest BCUT2D eigenvalue weighted by Crippen LogP contribution is 2.18. The summed E-state index contributed by atoms with van der Waals surface area (Å²) in [6.45, 7) is 1.63. The van der Waals surface area contributed by atoms with Crippen LogP contribution in [0, 0.1) is 5.92 Å². The van der Waals surface area contributed by atoms with Gasteiger partial charge in [-0.1, -0.05) is 42.5 Å². The van der Waals surface area contributed by atoms with Gasteiger partial charge in [0, 0.05) is 31.6 Å². The second-order valence-corrected chi connectivity index (χ2v) is 7.90. The number of nitrogens with zero attached hydrogens (tertiary/aromatic N) is 1. The predicted molar refractivity (Wildman–Crippen MR) is 128 cm³/mol. The molecule has 2 aromatic carbocycles. The van der Waals surface area contributed by atoms with Gasteiger partial charge in [-0.25, -0.2) is 0 Å². The molecule has 1 heterocycles. The average Bonchev–Trinajstić information content (AvgIpc) is 2.85. The van der Waals surface area contributed by atoms with Gasteiger partial charge in [-0.15, -0.1) is 0 Å². The van der Waals surface area contributed by atoms with Gasteiger partial charge in [-0.05, 0) is 54.4 Å². The minimum Gasteiger partial charge on any atom is -0.497 e. The van der Waals surface area contributed by atoms with Crippen LogP contribution in [-0.4, -0.2) is 42.0 Å². The number of hydrogen-bond acceptors (Lipinski definition) is 4. The standard InChI is InChI=1S/C24H28N4O3S/c1-31-21-10-7-19(8-11-21)17-25-24(32)27-26-23(30)20-13-15-28(16-14-20)22(29)12-9-18-5-3-2-4-6-18/h2-12,20H,13-17H2,1H3,(H,26,30)(H2,25,27,32). The number of methoxy groups -OCH3 is 1. The minimum absolute atomic E-state index is 0.0326. The van der Waals surface area contributed by atoms with Crippen molar-refractivity contribution in [2.75, 3.05) is 20.2 Å². The summed E-state index contributed by atoms with van der Waals surface area (Å²) in [5.41, 5.74) is 7.44. The van der Waals surface area contributed by atoms with E-state index in [4.69, 9.17) is 17.0 Å². The molecule has 1 saturated heterocycles. The molecule has 168 valence electrons. The van der Waals surface area contributed by atoms with Crippen LogP contribution in [0.3, 0.4) is 0 Å². The normalized spacial score (nSPS) is 14.1. The Labute approximate surface area is 193 Å². The van der Waals surface area contributed by atoms with Crippen LogP contribution in [0.5, 0.6) is 5.75 Å². The number of hydrogen-bond donors (Lipinski definition) is 3. The van der Waals surface area contributed by atoms with Gasteiger partial charge in [-0.3, -0.25) is 20.4 Å². The van der Waals surface area contributed by atoms with Gasteiger partial charge in [0.05, 0.1) is 7.11 Å². The molecule has 0 saturated carbocycles. The molecule has 0 aromatic heterocycles. The smallest absolute Gasteiger partial charge is 0.246 e. The van der Waals surface area contributed by atoms with Gasteiger partial charge in [-0.2, -0.15) is 0 Å². The lowest BCUT2D eigenvalue weighted by molar-refractivity contribution is -0.132. The molecule has 3 rings (SSSR count). The molecule has 0 unspecified atom stereocenters. The van der Waals surface area contributed by atoms with Crippen molar-refractivity contribution in [3.05, 3.63) is 71.8 Å². The summed E-state index contributed by atoms with van der Waals surface area (Å²) in [4.78, 5) is 26.6. The maximum absolute atomic E-state index is 12.4. The minimum atomic E-state index is -0.158. The number of hydrazine groups is 1. The summed E-state index contributed by atoms with van der Waals surface area (Å²) >= 11 is 5.22. The molecule has 1 fully saturated rings. The first-order chi connectivity index (χ1) is 15.5. The lowest BCUT2D eigenvalue weighted by Crippen LogP contribution is -2.50. The zero-order valence-electron chi connectivity index (χ0n) is 18.0. The summed E-state index contributed by atoms with van der Waals surface area (Å²) in [7, 11) is 1.62. The number of rotatable bonds is 6. The number of carbonyl (C=O) groups excluding carboxylic acids is 2. The van der Waals surface area contributed by atoms with Crippen molar-refractivity contribution >= 4 is 35.2 Å². The van der Waals surface area contributed by atoms with Crippen LogP contribution < -0.4 is 20.9 Å². The molecule has 2 amide bonds. The second-order valence-electron chi connectivity index (χ2n) is 7.49. The molecule has 2 aromatic rings. The highest BCUT2D eigenvalue weighted by molar-refractivity contribution is 7.80. The SMILES string of the molecule is COc1ccc(CNC(=S)NNC(=O)C2CCN(C(=O)C=Cc3ccccc3)CC2)cc1. The van der Waals surface area contributed by atoms with E-state index in [9.17, 15) is 9.59 Å². The molecule has 0 spiro atoms. The van der Waals surface area contributed by atoms with Crippen LogP contribution in [0.1, 0.15) is 24.0 Å². The fraction of sp³-hybridized carbons (Fsp3) is 0.292. The van der Waals surface area contributed by atoms with Gasteiger partial charge < -0.3 is 15.0 Å². The Morgan fingerprint density at radius 2 is 1.75 bits per heavy atom. The van der Waals surface area contributed by atoms with Crippen LogP contribution >= 0.6 is 12.2 Å². The summed E-state index contributed by atoms with van der Waals surface area (Å²) in [5.74, 6) is 0.482. The molecule has 1 aliphatic heterocycles. The average molecular weight is 453 g/mol. The first-order valence-electron chi connectivity index (χ1n) is 10.5. The predicted octanol–water partition coefficient (Wildman–Crippen LogP) is 2.64. The molecule has 7 nitrogen and oxygen atoms in total. The van der Waals surface area contributed by atoms with Gasteiger partial charge in [0.25, 0.3) is 0 Å². The second kappa shape index (κ2) is 11.9. The zero-order chi connectivity index (χ0) is 22.8. The van der Waals surface area contributed by atoms with E-state index in [1.165, 1.54) is 0 Å². The lowest BCUT2D eigenvalue weighted by atomic mass is 9.96. The Morgan fingerprint density at radius 3 is 2.41 bits per heavy atom. The van der Waals surface area contributed by atoms with Crippen LogP contribution in [0.15, 0.2) is 60.7 Å². The van der Waals surface area contributed by atoms with E-state index in [1.54, 1.807) is 18.1 Å². The lowest BCUT2D eigenvalue weighted by Gasteiger charge is -2.30. The van der Waals surface area contributed by atoms with Crippen LogP contribution in [0.25, 0.3) is 6.08 Å². The van der Waals surface area contributed by atoms with Gasteiger partial charge in [0.2, 0.25) is 11.8 Å². The number of carbonyl (C=O) groups is 2. The van der Waals surface area contributed by atoms with Crippen molar-refractivity contribution < 1.29 is 14.3 Å². The Morgan fingerprint density at radius 1 is 1.06 bits per heavy atom. The number of piperidine rings is 1. The number of benzene rings is 2. The number of ether oxygens (including phenoxy) is 1. The van der Waals surface area contributed by atoms with E-state index in [1.807, 2.05) is 60.7 Å². The van der Waals surface area contributed by atoms with E-state index < -0.39 is 0 Å². The maximum atomic E-state index is 12.4. The van der Waals surface area contributed by atoms with Crippen molar-refractivity contribution in [2.24, 2.45) is 5.92 Å². The number of nitrogens with one attached hydrogen (secondary N) is 3. The maximum Gasteiger partial charge on any atom is 0.246 e. The Hall–Kier alpha value is -3.39. The van der Waals surface area contributed by atoms with Crippen LogP contribution in [0.4, 0.5) is 0 Å². The van der Waals surface area contributed by atoms with E-state index in [-0.39, 0.29) is 17.7 Å². The van der Waals surface area contributed by atoms with Crippen LogP contribution in [-0.2, 0) is 16.1 Å². The summed E-state index contributed by atoms with van der Waals surface area (Å²) in [6.07, 6.45) is 4.63. The third kappa shape index (κ3) is 7.09. The topological polar surface area (TPSA) is 82.7 Å². The van der Waals surface area contributed by atoms with Crippen molar-refractivity contribution in [2.45, 2.75) is 19.4 Å². The fourth-order valence-electron chi connectivity index (χ4n) is 3.39. The van der Waals surface area contributed by atoms with Crippen molar-refractivity contribution in [3.63, 3.8) is 0 Å². The number of likely N-dealkylation sites (tertiary alicyclic amines) is 1. The Kier molecular flexibility index (Phi) is 8.62. The summed E-state index contributed by atoms with van der Waals surface area (Å²) < 4.78 is 5.14. The molecule has 0 atom stereocenters. The molecule has 1 aliphatic rings. The molecule has 0 radical (unpaired) electrons. The third-order valence-corrected chi connectivity index (χ3v) is 5.55. The van der Waals surface area contributed by atoms with Gasteiger partial charge in [0.1, 0.15) is 5.75 Å². The highest BCUT2D eigenvalue weighted by Gasteiger charge is 2.26. The third-order valence-electron chi connectivity index (χ3n) is 5.31. The van der Waals surface area contributed by atoms with Gasteiger partial charge in [0.15, 0.2) is 5.11 Å². The van der Waals surface area contributed by atoms with Crippen molar-refractivity contribution in [3.8, 4) is 5.75 Å².